The second-order valence-corrected chi connectivity index (χ2v) is 6.85. The number of imide groups is 1. The minimum Gasteiger partial charge on any atom is -0.447 e. The summed E-state index contributed by atoms with van der Waals surface area (Å²) in [6, 6.07) is 13.7. The van der Waals surface area contributed by atoms with Crippen molar-refractivity contribution < 1.29 is 23.5 Å². The minimum atomic E-state index is -1.23. The summed E-state index contributed by atoms with van der Waals surface area (Å²) in [4.78, 5) is 37.0. The maximum Gasteiger partial charge on any atom is 0.321 e. The lowest BCUT2D eigenvalue weighted by atomic mass is 10.1. The molecule has 2 aromatic rings. The highest BCUT2D eigenvalue weighted by Gasteiger charge is 2.26. The van der Waals surface area contributed by atoms with E-state index in [0.717, 1.165) is 4.90 Å². The van der Waals surface area contributed by atoms with Gasteiger partial charge in [-0.25, -0.2) is 9.18 Å². The number of nitrogens with one attached hydrogen (secondary N) is 2. The van der Waals surface area contributed by atoms with Crippen LogP contribution in [0.25, 0.3) is 0 Å². The van der Waals surface area contributed by atoms with E-state index in [1.165, 1.54) is 23.9 Å². The second kappa shape index (κ2) is 11.1. The topological polar surface area (TPSA) is 84.5 Å². The maximum atomic E-state index is 12.9. The Bertz CT molecular complexity index is 800. The molecule has 148 valence electrons. The molecule has 0 bridgehead atoms. The summed E-state index contributed by atoms with van der Waals surface area (Å²) in [6.07, 6.45) is -1.17. The Morgan fingerprint density at radius 3 is 2.39 bits per heavy atom. The molecule has 0 aliphatic rings. The van der Waals surface area contributed by atoms with Gasteiger partial charge in [-0.1, -0.05) is 30.3 Å². The first-order valence-corrected chi connectivity index (χ1v) is 9.69. The molecule has 0 unspecified atom stereocenters. The Morgan fingerprint density at radius 2 is 1.75 bits per heavy atom. The third kappa shape index (κ3) is 7.03. The summed E-state index contributed by atoms with van der Waals surface area (Å²) in [6.45, 7) is 2.08. The van der Waals surface area contributed by atoms with Crippen LogP contribution in [0, 0.1) is 5.82 Å². The number of esters is 1. The molecule has 0 fully saturated rings. The second-order valence-electron chi connectivity index (χ2n) is 5.68. The van der Waals surface area contributed by atoms with Crippen molar-refractivity contribution in [3.63, 3.8) is 0 Å². The standard InChI is InChI=1S/C20H21FN2O4S/c1-2-22-20(26)23-19(25)18(14-6-4-3-5-7-14)27-17(24)12-13-28-16-10-8-15(21)9-11-16/h3-11,18H,2,12-13H2,1H3,(H2,22,23,25,26)/t18-/m1/s1. The van der Waals surface area contributed by atoms with E-state index in [-0.39, 0.29) is 12.2 Å². The largest absolute Gasteiger partial charge is 0.447 e. The molecule has 2 N–H and O–H groups in total. The molecule has 2 aromatic carbocycles. The van der Waals surface area contributed by atoms with E-state index in [1.807, 2.05) is 0 Å². The normalized spacial score (nSPS) is 11.4. The number of halogens is 1. The van der Waals surface area contributed by atoms with Gasteiger partial charge in [0, 0.05) is 22.8 Å². The molecule has 6 nitrogen and oxygen atoms in total. The van der Waals surface area contributed by atoms with E-state index in [0.29, 0.717) is 17.9 Å². The smallest absolute Gasteiger partial charge is 0.321 e. The molecule has 8 heteroatoms. The fraction of sp³-hybridized carbons (Fsp3) is 0.250. The summed E-state index contributed by atoms with van der Waals surface area (Å²) in [7, 11) is 0. The Morgan fingerprint density at radius 1 is 1.07 bits per heavy atom. The average Bonchev–Trinajstić information content (AvgIpc) is 2.68. The van der Waals surface area contributed by atoms with E-state index < -0.39 is 24.0 Å². The lowest BCUT2D eigenvalue weighted by Crippen LogP contribution is -2.42. The average molecular weight is 404 g/mol. The number of carbonyl (C=O) groups excluding carboxylic acids is 3. The predicted octanol–water partition coefficient (Wildman–Crippen LogP) is 3.44. The Kier molecular flexibility index (Phi) is 8.48. The minimum absolute atomic E-state index is 0.0554. The number of benzene rings is 2. The number of amides is 3. The third-order valence-corrected chi connectivity index (χ3v) is 4.57. The van der Waals surface area contributed by atoms with Crippen LogP contribution in [-0.2, 0) is 14.3 Å². The Labute approximate surface area is 166 Å². The number of hydrogen-bond acceptors (Lipinski definition) is 5. The predicted molar refractivity (Wildman–Crippen MR) is 104 cm³/mol. The van der Waals surface area contributed by atoms with Gasteiger partial charge in [-0.15, -0.1) is 11.8 Å². The van der Waals surface area contributed by atoms with Crippen molar-refractivity contribution in [2.24, 2.45) is 0 Å². The maximum absolute atomic E-state index is 12.9. The van der Waals surface area contributed by atoms with Crippen LogP contribution in [0.15, 0.2) is 59.5 Å². The molecule has 1 atom stereocenters. The van der Waals surface area contributed by atoms with Gasteiger partial charge in [0.25, 0.3) is 5.91 Å². The zero-order chi connectivity index (χ0) is 20.4. The quantitative estimate of drug-likeness (QED) is 0.520. The first kappa shape index (κ1) is 21.4. The molecule has 0 aromatic heterocycles. The van der Waals surface area contributed by atoms with Crippen LogP contribution in [0.3, 0.4) is 0 Å². The third-order valence-electron chi connectivity index (χ3n) is 3.55. The van der Waals surface area contributed by atoms with Crippen LogP contribution in [0.2, 0.25) is 0 Å². The summed E-state index contributed by atoms with van der Waals surface area (Å²) in [5.41, 5.74) is 0.462. The van der Waals surface area contributed by atoms with Crippen LogP contribution < -0.4 is 10.6 Å². The van der Waals surface area contributed by atoms with Gasteiger partial charge < -0.3 is 10.1 Å². The lowest BCUT2D eigenvalue weighted by molar-refractivity contribution is -0.155. The van der Waals surface area contributed by atoms with Gasteiger partial charge in [0.1, 0.15) is 5.82 Å². The number of thioether (sulfide) groups is 1. The molecular weight excluding hydrogens is 383 g/mol. The van der Waals surface area contributed by atoms with E-state index in [9.17, 15) is 18.8 Å². The molecular formula is C20H21FN2O4S. The van der Waals surface area contributed by atoms with Crippen molar-refractivity contribution in [3.05, 3.63) is 66.0 Å². The van der Waals surface area contributed by atoms with Crippen LogP contribution in [0.5, 0.6) is 0 Å². The molecule has 0 aliphatic carbocycles. The van der Waals surface area contributed by atoms with Crippen LogP contribution in [0.4, 0.5) is 9.18 Å². The van der Waals surface area contributed by atoms with Crippen molar-refractivity contribution in [2.75, 3.05) is 12.3 Å². The van der Waals surface area contributed by atoms with E-state index in [1.54, 1.807) is 49.4 Å². The highest BCUT2D eigenvalue weighted by Crippen LogP contribution is 2.21. The van der Waals surface area contributed by atoms with Crippen LogP contribution in [-0.4, -0.2) is 30.2 Å². The van der Waals surface area contributed by atoms with Crippen molar-refractivity contribution in [1.29, 1.82) is 0 Å². The molecule has 0 spiro atoms. The molecule has 0 heterocycles. The highest BCUT2D eigenvalue weighted by atomic mass is 32.2. The molecule has 0 saturated carbocycles. The zero-order valence-corrected chi connectivity index (χ0v) is 16.1. The Hall–Kier alpha value is -2.87. The molecule has 2 rings (SSSR count). The van der Waals surface area contributed by atoms with Crippen LogP contribution >= 0.6 is 11.8 Å². The van der Waals surface area contributed by atoms with Crippen molar-refractivity contribution >= 4 is 29.7 Å². The van der Waals surface area contributed by atoms with Gasteiger partial charge in [0.2, 0.25) is 6.10 Å². The first-order valence-electron chi connectivity index (χ1n) is 8.71. The van der Waals surface area contributed by atoms with Crippen molar-refractivity contribution in [3.8, 4) is 0 Å². The van der Waals surface area contributed by atoms with Gasteiger partial charge in [0.05, 0.1) is 6.42 Å². The summed E-state index contributed by atoms with van der Waals surface area (Å²) in [5, 5.41) is 4.62. The molecule has 0 aliphatic heterocycles. The number of rotatable bonds is 8. The van der Waals surface area contributed by atoms with Gasteiger partial charge in [-0.3, -0.25) is 14.9 Å². The van der Waals surface area contributed by atoms with Gasteiger partial charge >= 0.3 is 12.0 Å². The van der Waals surface area contributed by atoms with Gasteiger partial charge in [-0.2, -0.15) is 0 Å². The molecule has 28 heavy (non-hydrogen) atoms. The highest BCUT2D eigenvalue weighted by molar-refractivity contribution is 7.99. The molecule has 3 amide bonds. The van der Waals surface area contributed by atoms with Gasteiger partial charge in [-0.05, 0) is 31.2 Å². The van der Waals surface area contributed by atoms with Crippen molar-refractivity contribution in [2.45, 2.75) is 24.3 Å². The lowest BCUT2D eigenvalue weighted by Gasteiger charge is -2.17. The fourth-order valence-electron chi connectivity index (χ4n) is 2.26. The van der Waals surface area contributed by atoms with Crippen LogP contribution in [0.1, 0.15) is 25.0 Å². The zero-order valence-electron chi connectivity index (χ0n) is 15.3. The summed E-state index contributed by atoms with van der Waals surface area (Å²) >= 11 is 1.37. The van der Waals surface area contributed by atoms with Crippen molar-refractivity contribution in [1.82, 2.24) is 10.6 Å². The van der Waals surface area contributed by atoms with Gasteiger partial charge in [0.15, 0.2) is 0 Å². The fourth-order valence-corrected chi connectivity index (χ4v) is 3.09. The Balaban J connectivity index is 1.95. The van der Waals surface area contributed by atoms with E-state index in [4.69, 9.17) is 4.74 Å². The number of ether oxygens (including phenoxy) is 1. The first-order chi connectivity index (χ1) is 13.5. The molecule has 0 saturated heterocycles. The number of hydrogen-bond donors (Lipinski definition) is 2. The summed E-state index contributed by atoms with van der Waals surface area (Å²) in [5.74, 6) is -1.22. The van der Waals surface area contributed by atoms with E-state index in [2.05, 4.69) is 10.6 Å². The number of carbonyl (C=O) groups is 3. The number of urea groups is 1. The summed E-state index contributed by atoms with van der Waals surface area (Å²) < 4.78 is 18.2. The molecule has 0 radical (unpaired) electrons. The van der Waals surface area contributed by atoms with E-state index >= 15 is 0 Å². The monoisotopic (exact) mass is 404 g/mol. The SMILES string of the molecule is CCNC(=O)NC(=O)[C@H](OC(=O)CCSc1ccc(F)cc1)c1ccccc1.